The predicted molar refractivity (Wildman–Crippen MR) is 66.7 cm³/mol. The molecule has 0 aliphatic carbocycles. The van der Waals surface area contributed by atoms with Crippen LogP contribution in [0, 0.1) is 0 Å². The second-order valence-corrected chi connectivity index (χ2v) is 3.07. The lowest BCUT2D eigenvalue weighted by Crippen LogP contribution is -2.21. The zero-order valence-corrected chi connectivity index (χ0v) is 10.5. The molecule has 3 nitrogen and oxygen atoms in total. The molecule has 0 saturated heterocycles. The minimum absolute atomic E-state index is 0. The SMILES string of the molecule is CN(C)C(=O)c1ccccc1.CNC.Cl. The zero-order chi connectivity index (χ0) is 11.0. The molecule has 0 unspecified atom stereocenters. The maximum absolute atomic E-state index is 11.3. The van der Waals surface area contributed by atoms with Crippen LogP contribution in [0.5, 0.6) is 0 Å². The van der Waals surface area contributed by atoms with Gasteiger partial charge in [-0.05, 0) is 26.2 Å². The number of hydrogen-bond acceptors (Lipinski definition) is 2. The molecule has 15 heavy (non-hydrogen) atoms. The van der Waals surface area contributed by atoms with E-state index in [1.165, 1.54) is 0 Å². The van der Waals surface area contributed by atoms with Gasteiger partial charge in [-0.1, -0.05) is 18.2 Å². The smallest absolute Gasteiger partial charge is 0.253 e. The molecule has 0 atom stereocenters. The summed E-state index contributed by atoms with van der Waals surface area (Å²) in [5, 5.41) is 2.75. The molecule has 0 saturated carbocycles. The van der Waals surface area contributed by atoms with E-state index < -0.39 is 0 Å². The molecule has 0 aliphatic rings. The van der Waals surface area contributed by atoms with E-state index in [0.717, 1.165) is 5.56 Å². The lowest BCUT2D eigenvalue weighted by atomic mass is 10.2. The first-order valence-corrected chi connectivity index (χ1v) is 4.48. The number of halogens is 1. The fourth-order valence-corrected chi connectivity index (χ4v) is 0.839. The summed E-state index contributed by atoms with van der Waals surface area (Å²) in [4.78, 5) is 12.8. The van der Waals surface area contributed by atoms with E-state index in [-0.39, 0.29) is 18.3 Å². The number of carbonyl (C=O) groups excluding carboxylic acids is 1. The number of rotatable bonds is 1. The van der Waals surface area contributed by atoms with Gasteiger partial charge in [0, 0.05) is 19.7 Å². The van der Waals surface area contributed by atoms with Gasteiger partial charge in [0.05, 0.1) is 0 Å². The third-order valence-corrected chi connectivity index (χ3v) is 1.43. The van der Waals surface area contributed by atoms with Crippen molar-refractivity contribution in [1.29, 1.82) is 0 Å². The molecule has 1 rings (SSSR count). The lowest BCUT2D eigenvalue weighted by Gasteiger charge is -2.08. The number of nitrogens with zero attached hydrogens (tertiary/aromatic N) is 1. The van der Waals surface area contributed by atoms with Gasteiger partial charge in [-0.25, -0.2) is 0 Å². The van der Waals surface area contributed by atoms with E-state index in [9.17, 15) is 4.79 Å². The van der Waals surface area contributed by atoms with E-state index in [2.05, 4.69) is 5.32 Å². The second kappa shape index (κ2) is 9.49. The molecule has 0 heterocycles. The number of hydrogen-bond donors (Lipinski definition) is 1. The minimum atomic E-state index is 0. The van der Waals surface area contributed by atoms with Crippen molar-refractivity contribution in [3.8, 4) is 0 Å². The van der Waals surface area contributed by atoms with Gasteiger partial charge in [0.25, 0.3) is 5.91 Å². The van der Waals surface area contributed by atoms with Crippen LogP contribution in [0.2, 0.25) is 0 Å². The van der Waals surface area contributed by atoms with Crippen LogP contribution in [-0.2, 0) is 0 Å². The van der Waals surface area contributed by atoms with E-state index in [1.54, 1.807) is 19.0 Å². The Morgan fingerprint density at radius 3 is 1.87 bits per heavy atom. The van der Waals surface area contributed by atoms with Gasteiger partial charge in [0.15, 0.2) is 0 Å². The van der Waals surface area contributed by atoms with Crippen molar-refractivity contribution in [1.82, 2.24) is 10.2 Å². The standard InChI is InChI=1S/C9H11NO.C2H7N.ClH/c1-10(2)9(11)8-6-4-3-5-7-8;1-3-2;/h3-7H,1-2H3;3H,1-2H3;1H. The highest BCUT2D eigenvalue weighted by molar-refractivity contribution is 5.93. The summed E-state index contributed by atoms with van der Waals surface area (Å²) in [5.41, 5.74) is 0.734. The molecule has 1 N–H and O–H groups in total. The van der Waals surface area contributed by atoms with Crippen molar-refractivity contribution in [3.63, 3.8) is 0 Å². The molecule has 0 fully saturated rings. The molecular weight excluding hydrogens is 212 g/mol. The zero-order valence-electron chi connectivity index (χ0n) is 9.65. The number of nitrogens with one attached hydrogen (secondary N) is 1. The Bertz CT molecular complexity index is 263. The first kappa shape index (κ1) is 16.4. The maximum Gasteiger partial charge on any atom is 0.253 e. The van der Waals surface area contributed by atoms with Crippen molar-refractivity contribution in [3.05, 3.63) is 35.9 Å². The highest BCUT2D eigenvalue weighted by atomic mass is 35.5. The van der Waals surface area contributed by atoms with Crippen LogP contribution in [0.15, 0.2) is 30.3 Å². The number of amides is 1. The molecule has 1 aromatic carbocycles. The molecule has 0 aromatic heterocycles. The summed E-state index contributed by atoms with van der Waals surface area (Å²) in [5.74, 6) is 0.0469. The minimum Gasteiger partial charge on any atom is -0.345 e. The van der Waals surface area contributed by atoms with Crippen molar-refractivity contribution in [2.45, 2.75) is 0 Å². The maximum atomic E-state index is 11.3. The Morgan fingerprint density at radius 2 is 1.53 bits per heavy atom. The number of carbonyl (C=O) groups is 1. The van der Waals surface area contributed by atoms with Gasteiger partial charge < -0.3 is 10.2 Å². The van der Waals surface area contributed by atoms with Gasteiger partial charge >= 0.3 is 0 Å². The first-order chi connectivity index (χ1) is 6.63. The topological polar surface area (TPSA) is 32.3 Å². The van der Waals surface area contributed by atoms with Gasteiger partial charge in [-0.3, -0.25) is 4.79 Å². The third-order valence-electron chi connectivity index (χ3n) is 1.43. The summed E-state index contributed by atoms with van der Waals surface area (Å²) in [7, 11) is 7.24. The van der Waals surface area contributed by atoms with Gasteiger partial charge in [-0.2, -0.15) is 0 Å². The largest absolute Gasteiger partial charge is 0.345 e. The molecule has 86 valence electrons. The molecule has 1 amide bonds. The Balaban J connectivity index is 0. The van der Waals surface area contributed by atoms with Crippen molar-refractivity contribution in [2.24, 2.45) is 0 Å². The van der Waals surface area contributed by atoms with Crippen molar-refractivity contribution in [2.75, 3.05) is 28.2 Å². The molecular formula is C11H19ClN2O. The summed E-state index contributed by atoms with van der Waals surface area (Å²) in [6, 6.07) is 9.23. The van der Waals surface area contributed by atoms with E-state index in [1.807, 2.05) is 44.4 Å². The van der Waals surface area contributed by atoms with E-state index in [0.29, 0.717) is 0 Å². The quantitative estimate of drug-likeness (QED) is 0.796. The summed E-state index contributed by atoms with van der Waals surface area (Å²) < 4.78 is 0. The van der Waals surface area contributed by atoms with Crippen molar-refractivity contribution < 1.29 is 4.79 Å². The van der Waals surface area contributed by atoms with Crippen LogP contribution in [-0.4, -0.2) is 39.0 Å². The fourth-order valence-electron chi connectivity index (χ4n) is 0.839. The Kier molecular flexibility index (Phi) is 10.4. The number of benzene rings is 1. The predicted octanol–water partition coefficient (Wildman–Crippen LogP) is 1.65. The van der Waals surface area contributed by atoms with Crippen LogP contribution < -0.4 is 5.32 Å². The van der Waals surface area contributed by atoms with E-state index >= 15 is 0 Å². The highest BCUT2D eigenvalue weighted by Gasteiger charge is 2.04. The third kappa shape index (κ3) is 6.94. The van der Waals surface area contributed by atoms with Gasteiger partial charge in [-0.15, -0.1) is 12.4 Å². The molecule has 0 spiro atoms. The lowest BCUT2D eigenvalue weighted by molar-refractivity contribution is 0.0827. The van der Waals surface area contributed by atoms with Crippen LogP contribution in [0.1, 0.15) is 10.4 Å². The molecule has 4 heteroatoms. The Hall–Kier alpha value is -1.06. The van der Waals surface area contributed by atoms with E-state index in [4.69, 9.17) is 0 Å². The normalized spacial score (nSPS) is 8.00. The first-order valence-electron chi connectivity index (χ1n) is 4.48. The summed E-state index contributed by atoms with van der Waals surface area (Å²) in [6.45, 7) is 0. The molecule has 1 aromatic rings. The Morgan fingerprint density at radius 1 is 1.13 bits per heavy atom. The van der Waals surface area contributed by atoms with Crippen LogP contribution in [0.3, 0.4) is 0 Å². The molecule has 0 radical (unpaired) electrons. The average molecular weight is 231 g/mol. The highest BCUT2D eigenvalue weighted by Crippen LogP contribution is 2.00. The van der Waals surface area contributed by atoms with Gasteiger partial charge in [0.2, 0.25) is 0 Å². The fraction of sp³-hybridized carbons (Fsp3) is 0.364. The Labute approximate surface area is 97.9 Å². The van der Waals surface area contributed by atoms with Crippen LogP contribution >= 0.6 is 12.4 Å². The monoisotopic (exact) mass is 230 g/mol. The van der Waals surface area contributed by atoms with Gasteiger partial charge in [0.1, 0.15) is 0 Å². The molecule has 0 aliphatic heterocycles. The molecule has 0 bridgehead atoms. The second-order valence-electron chi connectivity index (χ2n) is 3.07. The van der Waals surface area contributed by atoms with Crippen LogP contribution in [0.4, 0.5) is 0 Å². The average Bonchev–Trinajstić information content (AvgIpc) is 2.19. The van der Waals surface area contributed by atoms with Crippen LogP contribution in [0.25, 0.3) is 0 Å². The summed E-state index contributed by atoms with van der Waals surface area (Å²) >= 11 is 0. The van der Waals surface area contributed by atoms with Crippen molar-refractivity contribution >= 4 is 18.3 Å². The summed E-state index contributed by atoms with van der Waals surface area (Å²) in [6.07, 6.45) is 0.